The Morgan fingerprint density at radius 2 is 0.849 bits per heavy atom. The fourth-order valence-corrected chi connectivity index (χ4v) is 13.0. The molecule has 0 atom stereocenters. The van der Waals surface area contributed by atoms with E-state index in [-0.39, 0.29) is 71.1 Å². The first-order valence-electron chi connectivity index (χ1n) is 33.2. The lowest BCUT2D eigenvalue weighted by molar-refractivity contribution is 0.577. The highest BCUT2D eigenvalue weighted by Gasteiger charge is 2.36. The molecule has 0 spiro atoms. The van der Waals surface area contributed by atoms with Crippen LogP contribution in [0.4, 0.5) is 49.6 Å². The number of anilines is 7. The van der Waals surface area contributed by atoms with Gasteiger partial charge in [0.25, 0.3) is 0 Å². The van der Waals surface area contributed by atoms with Crippen LogP contribution in [0.1, 0.15) is 151 Å². The molecule has 0 unspecified atom stereocenters. The average Bonchev–Trinajstić information content (AvgIpc) is 1.61. The summed E-state index contributed by atoms with van der Waals surface area (Å²) >= 11 is 12.2. The molecule has 568 valence electrons. The minimum atomic E-state index is -3.48. The predicted octanol–water partition coefficient (Wildman–Crippen LogP) is 9.60. The largest absolute Gasteiger partial charge is 0.383 e. The Balaban J connectivity index is 0.000000149. The van der Waals surface area contributed by atoms with E-state index in [9.17, 15) is 34.0 Å². The zero-order valence-corrected chi connectivity index (χ0v) is 64.7. The highest BCUT2D eigenvalue weighted by molar-refractivity contribution is 7.89. The third-order valence-corrected chi connectivity index (χ3v) is 18.2. The van der Waals surface area contributed by atoms with Gasteiger partial charge in [-0.2, -0.15) is 15.2 Å². The summed E-state index contributed by atoms with van der Waals surface area (Å²) in [5, 5.41) is 16.4. The smallest absolute Gasteiger partial charge is 0.225 e. The van der Waals surface area contributed by atoms with E-state index in [0.29, 0.717) is 89.3 Å². The maximum Gasteiger partial charge on any atom is 0.225 e. The lowest BCUT2D eigenvalue weighted by Crippen LogP contribution is -2.44. The van der Waals surface area contributed by atoms with E-state index in [1.54, 1.807) is 26.5 Å². The molecule has 0 radical (unpaired) electrons. The minimum Gasteiger partial charge on any atom is -0.383 e. The molecule has 0 aromatic carbocycles. The van der Waals surface area contributed by atoms with E-state index in [2.05, 4.69) is 99.6 Å². The molecule has 106 heavy (non-hydrogen) atoms. The second kappa shape index (κ2) is 32.4. The van der Waals surface area contributed by atoms with Gasteiger partial charge in [0.1, 0.15) is 89.0 Å². The SMILES string of the molecule is CC(C)n1cc(C#N)c2c(N)ncnc21.CC(C)n1cc(Cl)c2c(N)ncnc21.CC(C)n1cc(Cl)c2c(NNS(C)(=O)=O)ncnc21.CC(C)n1cc(F)c2c(N(NS(C)(=O)=O)C3CC3)ncnc21.CC(C)n1cc(F)c2c(N)ncnc21.CC(C)n1ccc2c(N(NS(C)(=O)=O)C3CC3)nc(N)nc21. The van der Waals surface area contributed by atoms with Crippen LogP contribution in [0.2, 0.25) is 10.0 Å². The van der Waals surface area contributed by atoms with Gasteiger partial charge in [0, 0.05) is 85.5 Å². The summed E-state index contributed by atoms with van der Waals surface area (Å²) in [5.41, 5.74) is 29.8. The maximum absolute atomic E-state index is 14.4. The number of nitrogens with two attached hydrogens (primary N) is 4. The highest BCUT2D eigenvalue weighted by atomic mass is 35.5. The van der Waals surface area contributed by atoms with Crippen molar-refractivity contribution in [1.29, 1.82) is 5.26 Å². The van der Waals surface area contributed by atoms with Gasteiger partial charge in [0.15, 0.2) is 29.1 Å². The molecule has 12 aromatic heterocycles. The molecule has 2 aliphatic rings. The van der Waals surface area contributed by atoms with Crippen molar-refractivity contribution in [1.82, 2.24) is 102 Å². The quantitative estimate of drug-likeness (QED) is 0.0393. The van der Waals surface area contributed by atoms with Crippen LogP contribution >= 0.6 is 23.2 Å². The third kappa shape index (κ3) is 18.6. The molecule has 0 amide bonds. The Labute approximate surface area is 620 Å². The van der Waals surface area contributed by atoms with E-state index < -0.39 is 35.9 Å². The first kappa shape index (κ1) is 80.1. The van der Waals surface area contributed by atoms with E-state index in [1.165, 1.54) is 49.0 Å². The van der Waals surface area contributed by atoms with Crippen LogP contribution in [0.25, 0.3) is 66.2 Å². The fraction of sp³-hybridized carbons (Fsp3) is 0.422. The van der Waals surface area contributed by atoms with Gasteiger partial charge in [-0.1, -0.05) is 23.2 Å². The first-order chi connectivity index (χ1) is 49.7. The molecular weight excluding hydrogens is 1480 g/mol. The number of nitriles is 1. The number of fused-ring (bicyclic) bond motifs is 6. The zero-order chi connectivity index (χ0) is 77.9. The van der Waals surface area contributed by atoms with Crippen LogP contribution in [-0.2, 0) is 30.1 Å². The van der Waals surface area contributed by atoms with Crippen LogP contribution in [0.5, 0.6) is 0 Å². The second-order valence-electron chi connectivity index (χ2n) is 26.6. The van der Waals surface area contributed by atoms with Crippen LogP contribution in [-0.4, -0.2) is 143 Å². The van der Waals surface area contributed by atoms with Crippen LogP contribution in [0, 0.1) is 23.0 Å². The summed E-state index contributed by atoms with van der Waals surface area (Å²) in [6, 6.07) is 5.23. The molecule has 14 rings (SSSR count). The van der Waals surface area contributed by atoms with E-state index in [1.807, 2.05) is 106 Å². The van der Waals surface area contributed by atoms with E-state index >= 15 is 0 Å². The molecule has 12 N–H and O–H groups in total. The lowest BCUT2D eigenvalue weighted by atomic mass is 10.2. The van der Waals surface area contributed by atoms with Crippen molar-refractivity contribution < 1.29 is 34.0 Å². The summed E-state index contributed by atoms with van der Waals surface area (Å²) in [6.45, 7) is 24.0. The summed E-state index contributed by atoms with van der Waals surface area (Å²) in [6.07, 6.45) is 23.7. The third-order valence-electron chi connectivity index (χ3n) is 16.1. The summed E-state index contributed by atoms with van der Waals surface area (Å²) in [7, 11) is -10.3. The minimum absolute atomic E-state index is 0.00498. The van der Waals surface area contributed by atoms with Gasteiger partial charge in [-0.3, -0.25) is 15.4 Å². The number of hydrazine groups is 3. The van der Waals surface area contributed by atoms with Gasteiger partial charge in [0.2, 0.25) is 36.0 Å². The molecule has 0 saturated heterocycles. The lowest BCUT2D eigenvalue weighted by Gasteiger charge is -2.23. The van der Waals surface area contributed by atoms with Crippen LogP contribution in [0.3, 0.4) is 0 Å². The maximum atomic E-state index is 14.4. The van der Waals surface area contributed by atoms with Gasteiger partial charge >= 0.3 is 0 Å². The molecule has 12 aromatic rings. The van der Waals surface area contributed by atoms with Crippen molar-refractivity contribution in [3.05, 3.63) is 102 Å². The molecule has 42 heteroatoms. The van der Waals surface area contributed by atoms with Gasteiger partial charge in [0.05, 0.1) is 66.7 Å². The van der Waals surface area contributed by atoms with Crippen LogP contribution in [0.15, 0.2) is 74.9 Å². The number of sulfonamides is 3. The van der Waals surface area contributed by atoms with Crippen molar-refractivity contribution in [3.8, 4) is 6.07 Å². The van der Waals surface area contributed by atoms with Crippen molar-refractivity contribution in [2.45, 2.75) is 157 Å². The summed E-state index contributed by atoms with van der Waals surface area (Å²) < 4.78 is 108. The number of rotatable bonds is 17. The van der Waals surface area contributed by atoms with Gasteiger partial charge in [-0.15, -0.1) is 14.5 Å². The van der Waals surface area contributed by atoms with E-state index in [4.69, 9.17) is 51.4 Å². The molecular formula is C64H85Cl2F2N29O6S3. The molecule has 0 bridgehead atoms. The standard InChI is InChI=1S/C13H18FN5O2S.C13H20N6O2S.C10H14ClN5O2S.C10H11N5.C9H11ClN4.C9H11FN4/c1-8(2)18-6-10(14)11-12(18)15-7-16-13(11)19(9-4-5-9)17-22(3,20)21;1-8(2)18-7-6-10-11(18)15-13(14)16-12(10)19(9-4-5-9)17-22(3,20)21;1-6(2)16-4-7(11)8-9(12-5-13-10(8)16)14-15-19(3,17)18;1-6(2)15-4-7(3-11)8-9(12)13-5-14-10(8)15;2*1-5(2)14-3-6(10)7-8(11)12-4-13-9(7)14/h6-9,17H,4-5H2,1-3H3;6-9,17H,4-5H2,1-3H3,(H2,14,15,16);4-6,15H,1-3H3,(H,12,13,14);4-6H,1-2H3,(H2,12,13,14);2*3-5H,1-2H3,(H2,11,12,13). The van der Waals surface area contributed by atoms with Crippen molar-refractivity contribution in [2.24, 2.45) is 0 Å². The molecule has 2 fully saturated rings. The zero-order valence-electron chi connectivity index (χ0n) is 60.8. The normalized spacial score (nSPS) is 13.2. The van der Waals surface area contributed by atoms with Gasteiger partial charge < -0.3 is 50.3 Å². The summed E-state index contributed by atoms with van der Waals surface area (Å²) in [4.78, 5) is 56.0. The van der Waals surface area contributed by atoms with Gasteiger partial charge in [-0.05, 0) is 115 Å². The Hall–Kier alpha value is -10.0. The number of nitrogens with one attached hydrogen (secondary N) is 4. The Kier molecular flexibility index (Phi) is 24.5. The predicted molar refractivity (Wildman–Crippen MR) is 408 cm³/mol. The van der Waals surface area contributed by atoms with Crippen molar-refractivity contribution in [2.75, 3.05) is 57.1 Å². The number of nitrogen functional groups attached to an aromatic ring is 4. The van der Waals surface area contributed by atoms with Gasteiger partial charge in [-0.25, -0.2) is 83.9 Å². The molecule has 0 aliphatic heterocycles. The molecule has 2 saturated carbocycles. The first-order valence-corrected chi connectivity index (χ1v) is 39.6. The van der Waals surface area contributed by atoms with Crippen molar-refractivity contribution in [3.63, 3.8) is 0 Å². The van der Waals surface area contributed by atoms with E-state index in [0.717, 1.165) is 60.9 Å². The van der Waals surface area contributed by atoms with Crippen molar-refractivity contribution >= 4 is 160 Å². The Morgan fingerprint density at radius 3 is 1.30 bits per heavy atom. The average molecular weight is 1560 g/mol. The number of aromatic nitrogens is 18. The monoisotopic (exact) mass is 1560 g/mol. The number of nitrogens with zero attached hydrogens (tertiary/aromatic N) is 21. The highest BCUT2D eigenvalue weighted by Crippen LogP contribution is 2.38. The molecule has 2 aliphatic carbocycles. The fourth-order valence-electron chi connectivity index (χ4n) is 11.0. The molecule has 35 nitrogen and oxygen atoms in total. The number of hydrogen-bond acceptors (Lipinski definition) is 26. The summed E-state index contributed by atoms with van der Waals surface area (Å²) in [5.74, 6) is 1.36. The Bertz CT molecular complexity index is 5450. The molecule has 12 heterocycles. The Morgan fingerprint density at radius 1 is 0.472 bits per heavy atom. The van der Waals surface area contributed by atoms with Crippen LogP contribution < -0.4 is 52.9 Å². The number of halogens is 4. The second-order valence-corrected chi connectivity index (χ2v) is 32.7. The number of hydrogen-bond donors (Lipinski definition) is 8. The topological polar surface area (TPSA) is 469 Å².